The van der Waals surface area contributed by atoms with Crippen molar-refractivity contribution in [3.05, 3.63) is 18.0 Å². The maximum Gasteiger partial charge on any atom is 0.222 e. The molecule has 0 aliphatic heterocycles. The molecule has 1 aromatic rings. The number of hydrogen-bond donors (Lipinski definition) is 2. The molecular formula is C10H19N3O2. The Morgan fingerprint density at radius 3 is 2.53 bits per heavy atom. The first kappa shape index (κ1) is 13.8. The molecule has 86 valence electrons. The van der Waals surface area contributed by atoms with Crippen molar-refractivity contribution in [2.75, 3.05) is 25.6 Å². The Balaban J connectivity index is 0.00000196. The van der Waals surface area contributed by atoms with Crippen LogP contribution >= 0.6 is 0 Å². The number of hydrogen-bond acceptors (Lipinski definition) is 5. The van der Waals surface area contributed by atoms with Crippen LogP contribution in [0.2, 0.25) is 0 Å². The molecule has 1 aromatic heterocycles. The van der Waals surface area contributed by atoms with Crippen molar-refractivity contribution in [3.8, 4) is 0 Å². The summed E-state index contributed by atoms with van der Waals surface area (Å²) in [5.41, 5.74) is 0.710. The largest absolute Gasteiger partial charge is 0.389 e. The van der Waals surface area contributed by atoms with Crippen molar-refractivity contribution in [1.82, 2.24) is 9.97 Å². The Kier molecular flexibility index (Phi) is 6.57. The minimum atomic E-state index is -0.525. The molecule has 0 aliphatic rings. The molecule has 0 radical (unpaired) electrons. The molecule has 0 amide bonds. The van der Waals surface area contributed by atoms with Crippen LogP contribution in [-0.2, 0) is 4.74 Å². The van der Waals surface area contributed by atoms with Crippen molar-refractivity contribution in [3.63, 3.8) is 0 Å². The van der Waals surface area contributed by atoms with Gasteiger partial charge in [0.15, 0.2) is 0 Å². The van der Waals surface area contributed by atoms with E-state index in [4.69, 9.17) is 4.74 Å². The molecule has 5 heteroatoms. The van der Waals surface area contributed by atoms with E-state index in [-0.39, 0.29) is 7.43 Å². The van der Waals surface area contributed by atoms with Crippen LogP contribution in [0.1, 0.15) is 26.0 Å². The van der Waals surface area contributed by atoms with E-state index in [1.807, 2.05) is 0 Å². The van der Waals surface area contributed by atoms with Crippen molar-refractivity contribution in [2.45, 2.75) is 20.5 Å². The molecule has 1 heterocycles. The van der Waals surface area contributed by atoms with Crippen LogP contribution in [0.5, 0.6) is 0 Å². The lowest BCUT2D eigenvalue weighted by molar-refractivity contribution is 0.198. The van der Waals surface area contributed by atoms with Crippen molar-refractivity contribution < 1.29 is 9.84 Å². The zero-order valence-electron chi connectivity index (χ0n) is 8.40. The molecule has 15 heavy (non-hydrogen) atoms. The lowest BCUT2D eigenvalue weighted by Crippen LogP contribution is -2.10. The predicted octanol–water partition coefficient (Wildman–Crippen LogP) is 1.22. The second kappa shape index (κ2) is 7.14. The minimum absolute atomic E-state index is 0. The quantitative estimate of drug-likeness (QED) is 0.720. The van der Waals surface area contributed by atoms with Gasteiger partial charge in [-0.05, 0) is 6.92 Å². The second-order valence-electron chi connectivity index (χ2n) is 2.94. The number of ether oxygens (including phenoxy) is 1. The zero-order chi connectivity index (χ0) is 10.4. The first-order valence-corrected chi connectivity index (χ1v) is 4.47. The number of aliphatic hydroxyl groups excluding tert-OH is 1. The molecule has 0 bridgehead atoms. The highest BCUT2D eigenvalue weighted by atomic mass is 16.5. The first-order chi connectivity index (χ1) is 6.74. The highest BCUT2D eigenvalue weighted by Gasteiger charge is 2.01. The number of nitrogens with one attached hydrogen (secondary N) is 1. The summed E-state index contributed by atoms with van der Waals surface area (Å²) >= 11 is 0. The third-order valence-electron chi connectivity index (χ3n) is 1.74. The standard InChI is InChI=1S/C9H15N3O2.CH4/c1-7(13)8-5-11-9(12-6-8)10-3-4-14-2;/h5-7,13H,3-4H2,1-2H3,(H,10,11,12);1H4. The average molecular weight is 213 g/mol. The van der Waals surface area contributed by atoms with Gasteiger partial charge in [0.05, 0.1) is 12.7 Å². The molecule has 0 aliphatic carbocycles. The summed E-state index contributed by atoms with van der Waals surface area (Å²) in [6.45, 7) is 2.96. The van der Waals surface area contributed by atoms with Gasteiger partial charge >= 0.3 is 0 Å². The normalized spacial score (nSPS) is 11.7. The summed E-state index contributed by atoms with van der Waals surface area (Å²) < 4.78 is 4.87. The van der Waals surface area contributed by atoms with Gasteiger partial charge in [0.2, 0.25) is 5.95 Å². The summed E-state index contributed by atoms with van der Waals surface area (Å²) in [4.78, 5) is 8.07. The zero-order valence-corrected chi connectivity index (χ0v) is 8.40. The monoisotopic (exact) mass is 213 g/mol. The van der Waals surface area contributed by atoms with E-state index >= 15 is 0 Å². The molecule has 0 fully saturated rings. The molecule has 5 nitrogen and oxygen atoms in total. The third kappa shape index (κ3) is 4.71. The summed E-state index contributed by atoms with van der Waals surface area (Å²) in [5, 5.41) is 12.2. The Morgan fingerprint density at radius 2 is 2.07 bits per heavy atom. The Hall–Kier alpha value is -1.20. The summed E-state index contributed by atoms with van der Waals surface area (Å²) in [5.74, 6) is 0.548. The smallest absolute Gasteiger partial charge is 0.222 e. The van der Waals surface area contributed by atoms with Gasteiger partial charge < -0.3 is 15.2 Å². The van der Waals surface area contributed by atoms with Crippen molar-refractivity contribution in [1.29, 1.82) is 0 Å². The molecule has 1 unspecified atom stereocenters. The maximum atomic E-state index is 9.21. The molecule has 0 saturated heterocycles. The van der Waals surface area contributed by atoms with Gasteiger partial charge in [-0.1, -0.05) is 7.43 Å². The fraction of sp³-hybridized carbons (Fsp3) is 0.600. The third-order valence-corrected chi connectivity index (χ3v) is 1.74. The number of anilines is 1. The van der Waals surface area contributed by atoms with E-state index < -0.39 is 6.10 Å². The van der Waals surface area contributed by atoms with Crippen LogP contribution in [0, 0.1) is 0 Å². The van der Waals surface area contributed by atoms with Gasteiger partial charge in [-0.2, -0.15) is 0 Å². The van der Waals surface area contributed by atoms with Crippen LogP contribution in [0.3, 0.4) is 0 Å². The van der Waals surface area contributed by atoms with Gasteiger partial charge in [0.25, 0.3) is 0 Å². The van der Waals surface area contributed by atoms with Crippen LogP contribution in [0.15, 0.2) is 12.4 Å². The topological polar surface area (TPSA) is 67.3 Å². The lowest BCUT2D eigenvalue weighted by atomic mass is 10.2. The van der Waals surface area contributed by atoms with Gasteiger partial charge in [0.1, 0.15) is 0 Å². The summed E-state index contributed by atoms with van der Waals surface area (Å²) in [7, 11) is 1.64. The molecule has 1 atom stereocenters. The lowest BCUT2D eigenvalue weighted by Gasteiger charge is -2.06. The van der Waals surface area contributed by atoms with Crippen LogP contribution in [-0.4, -0.2) is 35.3 Å². The fourth-order valence-corrected chi connectivity index (χ4v) is 0.910. The van der Waals surface area contributed by atoms with Gasteiger partial charge in [-0.25, -0.2) is 9.97 Å². The van der Waals surface area contributed by atoms with Crippen molar-refractivity contribution >= 4 is 5.95 Å². The fourth-order valence-electron chi connectivity index (χ4n) is 0.910. The second-order valence-corrected chi connectivity index (χ2v) is 2.94. The van der Waals surface area contributed by atoms with E-state index in [1.54, 1.807) is 26.4 Å². The first-order valence-electron chi connectivity index (χ1n) is 4.47. The molecule has 1 rings (SSSR count). The number of rotatable bonds is 5. The highest BCUT2D eigenvalue weighted by molar-refractivity contribution is 5.24. The highest BCUT2D eigenvalue weighted by Crippen LogP contribution is 2.09. The number of nitrogens with zero attached hydrogens (tertiary/aromatic N) is 2. The minimum Gasteiger partial charge on any atom is -0.389 e. The number of aromatic nitrogens is 2. The van der Waals surface area contributed by atoms with Crippen molar-refractivity contribution in [2.24, 2.45) is 0 Å². The molecule has 0 spiro atoms. The SMILES string of the molecule is C.COCCNc1ncc(C(C)O)cn1. The maximum absolute atomic E-state index is 9.21. The van der Waals surface area contributed by atoms with Crippen LogP contribution in [0.4, 0.5) is 5.95 Å². The van der Waals surface area contributed by atoms with Crippen LogP contribution < -0.4 is 5.32 Å². The Bertz CT molecular complexity index is 262. The number of methoxy groups -OCH3 is 1. The Morgan fingerprint density at radius 1 is 1.47 bits per heavy atom. The Labute approximate surface area is 90.5 Å². The van der Waals surface area contributed by atoms with E-state index in [1.165, 1.54) is 0 Å². The van der Waals surface area contributed by atoms with E-state index in [9.17, 15) is 5.11 Å². The molecular weight excluding hydrogens is 194 g/mol. The molecule has 0 saturated carbocycles. The van der Waals surface area contributed by atoms with Crippen LogP contribution in [0.25, 0.3) is 0 Å². The van der Waals surface area contributed by atoms with Gasteiger partial charge in [0, 0.05) is 31.6 Å². The van der Waals surface area contributed by atoms with Gasteiger partial charge in [-0.3, -0.25) is 0 Å². The molecule has 0 aromatic carbocycles. The molecule has 2 N–H and O–H groups in total. The summed E-state index contributed by atoms with van der Waals surface area (Å²) in [6, 6.07) is 0. The number of aliphatic hydroxyl groups is 1. The summed E-state index contributed by atoms with van der Waals surface area (Å²) in [6.07, 6.45) is 2.68. The van der Waals surface area contributed by atoms with E-state index in [0.717, 1.165) is 0 Å². The van der Waals surface area contributed by atoms with E-state index in [2.05, 4.69) is 15.3 Å². The van der Waals surface area contributed by atoms with E-state index in [0.29, 0.717) is 24.7 Å². The predicted molar refractivity (Wildman–Crippen MR) is 59.8 cm³/mol. The van der Waals surface area contributed by atoms with Gasteiger partial charge in [-0.15, -0.1) is 0 Å². The average Bonchev–Trinajstić information content (AvgIpc) is 2.19.